The SMILES string of the molecule is CC[C@@H]1CNCCN1C(=O)OCc1c(F)ccc(OCC2CC2)c1F.Cl. The zero-order chi connectivity index (χ0) is 17.8. The highest BCUT2D eigenvalue weighted by molar-refractivity contribution is 5.85. The van der Waals surface area contributed by atoms with Crippen molar-refractivity contribution in [3.63, 3.8) is 0 Å². The van der Waals surface area contributed by atoms with Crippen LogP contribution in [0.3, 0.4) is 0 Å². The van der Waals surface area contributed by atoms with Gasteiger partial charge in [-0.05, 0) is 37.3 Å². The first-order valence-corrected chi connectivity index (χ1v) is 8.84. The fraction of sp³-hybridized carbons (Fsp3) is 0.611. The second-order valence-electron chi connectivity index (χ2n) is 6.61. The van der Waals surface area contributed by atoms with E-state index in [0.29, 0.717) is 32.2 Å². The third kappa shape index (κ3) is 4.98. The van der Waals surface area contributed by atoms with Gasteiger partial charge in [-0.15, -0.1) is 12.4 Å². The minimum Gasteiger partial charge on any atom is -0.490 e. The van der Waals surface area contributed by atoms with Gasteiger partial charge in [0.25, 0.3) is 0 Å². The Balaban J connectivity index is 0.00000243. The molecule has 1 aliphatic heterocycles. The molecule has 0 radical (unpaired) electrons. The molecule has 0 bridgehead atoms. The lowest BCUT2D eigenvalue weighted by atomic mass is 10.1. The number of hydrogen-bond donors (Lipinski definition) is 1. The van der Waals surface area contributed by atoms with Gasteiger partial charge in [0.2, 0.25) is 0 Å². The summed E-state index contributed by atoms with van der Waals surface area (Å²) in [4.78, 5) is 13.9. The number of halogens is 3. The van der Waals surface area contributed by atoms with Gasteiger partial charge in [-0.2, -0.15) is 0 Å². The molecule has 0 unspecified atom stereocenters. The van der Waals surface area contributed by atoms with Gasteiger partial charge in [0, 0.05) is 25.7 Å². The summed E-state index contributed by atoms with van der Waals surface area (Å²) in [6.07, 6.45) is 2.40. The van der Waals surface area contributed by atoms with Crippen LogP contribution < -0.4 is 10.1 Å². The summed E-state index contributed by atoms with van der Waals surface area (Å²) in [5, 5.41) is 3.21. The van der Waals surface area contributed by atoms with Gasteiger partial charge < -0.3 is 19.7 Å². The topological polar surface area (TPSA) is 50.8 Å². The fourth-order valence-electron chi connectivity index (χ4n) is 2.89. The van der Waals surface area contributed by atoms with E-state index in [-0.39, 0.29) is 29.8 Å². The number of benzene rings is 1. The van der Waals surface area contributed by atoms with Gasteiger partial charge in [0.05, 0.1) is 12.2 Å². The molecule has 1 heterocycles. The zero-order valence-electron chi connectivity index (χ0n) is 14.8. The predicted octanol–water partition coefficient (Wildman–Crippen LogP) is 3.50. The number of nitrogens with one attached hydrogen (secondary N) is 1. The molecular formula is C18H25ClF2N2O3. The lowest BCUT2D eigenvalue weighted by molar-refractivity contribution is 0.0697. The number of piperazine rings is 1. The molecule has 1 aromatic rings. The van der Waals surface area contributed by atoms with Crippen LogP contribution >= 0.6 is 12.4 Å². The number of carbonyl (C=O) groups is 1. The molecule has 2 aliphatic rings. The third-order valence-electron chi connectivity index (χ3n) is 4.72. The van der Waals surface area contributed by atoms with Crippen molar-refractivity contribution in [2.24, 2.45) is 5.92 Å². The van der Waals surface area contributed by atoms with Crippen LogP contribution in [0.1, 0.15) is 31.7 Å². The standard InChI is InChI=1S/C18H24F2N2O3.ClH/c1-2-13-9-21-7-8-22(13)18(23)25-11-14-15(19)5-6-16(17(14)20)24-10-12-3-4-12;/h5-6,12-13,21H,2-4,7-11H2,1H3;1H/t13-;/m1./s1. The molecule has 2 fully saturated rings. The summed E-state index contributed by atoms with van der Waals surface area (Å²) in [5.74, 6) is -1.06. The van der Waals surface area contributed by atoms with E-state index in [0.717, 1.165) is 25.3 Å². The largest absolute Gasteiger partial charge is 0.490 e. The van der Waals surface area contributed by atoms with E-state index in [9.17, 15) is 13.6 Å². The van der Waals surface area contributed by atoms with Crippen molar-refractivity contribution in [1.82, 2.24) is 10.2 Å². The van der Waals surface area contributed by atoms with Gasteiger partial charge in [-0.1, -0.05) is 6.92 Å². The Labute approximate surface area is 158 Å². The molecular weight excluding hydrogens is 366 g/mol. The summed E-state index contributed by atoms with van der Waals surface area (Å²) in [7, 11) is 0. The number of carbonyl (C=O) groups excluding carboxylic acids is 1. The van der Waals surface area contributed by atoms with E-state index >= 15 is 0 Å². The van der Waals surface area contributed by atoms with Crippen molar-refractivity contribution in [2.75, 3.05) is 26.2 Å². The van der Waals surface area contributed by atoms with Crippen LogP contribution in [0.15, 0.2) is 12.1 Å². The highest BCUT2D eigenvalue weighted by atomic mass is 35.5. The van der Waals surface area contributed by atoms with E-state index < -0.39 is 24.3 Å². The van der Waals surface area contributed by atoms with Crippen molar-refractivity contribution in [2.45, 2.75) is 38.8 Å². The minimum absolute atomic E-state index is 0. The Bertz CT molecular complexity index is 629. The quantitative estimate of drug-likeness (QED) is 0.807. The second kappa shape index (κ2) is 9.37. The number of rotatable bonds is 6. The van der Waals surface area contributed by atoms with E-state index in [4.69, 9.17) is 9.47 Å². The molecule has 1 aromatic carbocycles. The maximum Gasteiger partial charge on any atom is 0.410 e. The van der Waals surface area contributed by atoms with Crippen LogP contribution in [-0.2, 0) is 11.3 Å². The number of nitrogens with zero attached hydrogens (tertiary/aromatic N) is 1. The van der Waals surface area contributed by atoms with Crippen molar-refractivity contribution < 1.29 is 23.0 Å². The highest BCUT2D eigenvalue weighted by Crippen LogP contribution is 2.31. The molecule has 1 saturated carbocycles. The second-order valence-corrected chi connectivity index (χ2v) is 6.61. The molecule has 146 valence electrons. The summed E-state index contributed by atoms with van der Waals surface area (Å²) in [6, 6.07) is 2.46. The average Bonchev–Trinajstić information content (AvgIpc) is 3.45. The molecule has 1 N–H and O–H groups in total. The van der Waals surface area contributed by atoms with Crippen LogP contribution in [0.2, 0.25) is 0 Å². The monoisotopic (exact) mass is 390 g/mol. The minimum atomic E-state index is -0.791. The van der Waals surface area contributed by atoms with E-state index in [1.54, 1.807) is 4.90 Å². The predicted molar refractivity (Wildman–Crippen MR) is 95.7 cm³/mol. The Morgan fingerprint density at radius 2 is 2.12 bits per heavy atom. The van der Waals surface area contributed by atoms with Crippen LogP contribution in [0, 0.1) is 17.6 Å². The number of hydrogen-bond acceptors (Lipinski definition) is 4. The first-order valence-electron chi connectivity index (χ1n) is 8.84. The first-order chi connectivity index (χ1) is 12.1. The molecule has 26 heavy (non-hydrogen) atoms. The van der Waals surface area contributed by atoms with Crippen LogP contribution in [0.4, 0.5) is 13.6 Å². The van der Waals surface area contributed by atoms with E-state index in [2.05, 4.69) is 5.32 Å². The normalized spacial score (nSPS) is 19.7. The van der Waals surface area contributed by atoms with E-state index in [1.807, 2.05) is 6.92 Å². The smallest absolute Gasteiger partial charge is 0.410 e. The molecule has 1 saturated heterocycles. The Hall–Kier alpha value is -1.60. The third-order valence-corrected chi connectivity index (χ3v) is 4.72. The first kappa shape index (κ1) is 20.7. The number of ether oxygens (including phenoxy) is 2. The molecule has 0 spiro atoms. The van der Waals surface area contributed by atoms with Gasteiger partial charge in [0.1, 0.15) is 12.4 Å². The Morgan fingerprint density at radius 1 is 1.35 bits per heavy atom. The Morgan fingerprint density at radius 3 is 2.81 bits per heavy atom. The van der Waals surface area contributed by atoms with Crippen LogP contribution in [-0.4, -0.2) is 43.3 Å². The zero-order valence-corrected chi connectivity index (χ0v) is 15.6. The average molecular weight is 391 g/mol. The molecule has 1 aliphatic carbocycles. The van der Waals surface area contributed by atoms with Crippen molar-refractivity contribution >= 4 is 18.5 Å². The van der Waals surface area contributed by atoms with Gasteiger partial charge >= 0.3 is 6.09 Å². The lowest BCUT2D eigenvalue weighted by Gasteiger charge is -2.34. The van der Waals surface area contributed by atoms with Gasteiger partial charge in [-0.3, -0.25) is 0 Å². The van der Waals surface area contributed by atoms with Crippen molar-refractivity contribution in [3.05, 3.63) is 29.3 Å². The molecule has 3 rings (SSSR count). The fourth-order valence-corrected chi connectivity index (χ4v) is 2.89. The Kier molecular flexibility index (Phi) is 7.46. The van der Waals surface area contributed by atoms with Gasteiger partial charge in [0.15, 0.2) is 11.6 Å². The maximum atomic E-state index is 14.5. The molecule has 5 nitrogen and oxygen atoms in total. The van der Waals surface area contributed by atoms with Crippen LogP contribution in [0.25, 0.3) is 0 Å². The summed E-state index contributed by atoms with van der Waals surface area (Å²) in [6.45, 7) is 3.86. The molecule has 8 heteroatoms. The van der Waals surface area contributed by atoms with Crippen molar-refractivity contribution in [3.8, 4) is 5.75 Å². The van der Waals surface area contributed by atoms with Crippen LogP contribution in [0.5, 0.6) is 5.75 Å². The summed E-state index contributed by atoms with van der Waals surface area (Å²) < 4.78 is 39.0. The lowest BCUT2D eigenvalue weighted by Crippen LogP contribution is -2.53. The highest BCUT2D eigenvalue weighted by Gasteiger charge is 2.27. The molecule has 1 amide bonds. The van der Waals surface area contributed by atoms with E-state index in [1.165, 1.54) is 6.07 Å². The summed E-state index contributed by atoms with van der Waals surface area (Å²) >= 11 is 0. The molecule has 1 atom stereocenters. The molecule has 0 aromatic heterocycles. The van der Waals surface area contributed by atoms with Crippen molar-refractivity contribution in [1.29, 1.82) is 0 Å². The number of amides is 1. The maximum absolute atomic E-state index is 14.5. The van der Waals surface area contributed by atoms with Gasteiger partial charge in [-0.25, -0.2) is 13.6 Å². The summed E-state index contributed by atoms with van der Waals surface area (Å²) in [5.41, 5.74) is -0.273.